The second-order valence-corrected chi connectivity index (χ2v) is 5.09. The van der Waals surface area contributed by atoms with Crippen LogP contribution in [0.3, 0.4) is 0 Å². The zero-order valence-corrected chi connectivity index (χ0v) is 12.5. The Morgan fingerprint density at radius 3 is 2.79 bits per heavy atom. The third kappa shape index (κ3) is 3.19. The maximum Gasteiger partial charge on any atom is 0.156 e. The lowest BCUT2D eigenvalue weighted by atomic mass is 10.1. The molecule has 0 aliphatic carbocycles. The van der Waals surface area contributed by atoms with Gasteiger partial charge in [-0.1, -0.05) is 18.2 Å². The lowest BCUT2D eigenvalue weighted by Crippen LogP contribution is -2.13. The van der Waals surface area contributed by atoms with E-state index in [1.807, 2.05) is 6.07 Å². The van der Waals surface area contributed by atoms with Gasteiger partial charge in [-0.15, -0.1) is 5.10 Å². The second kappa shape index (κ2) is 6.25. The Bertz CT molecular complexity index is 548. The molecule has 1 N–H and O–H groups in total. The van der Waals surface area contributed by atoms with Crippen molar-refractivity contribution in [1.29, 1.82) is 0 Å². The summed E-state index contributed by atoms with van der Waals surface area (Å²) in [6.07, 6.45) is 1.06. The van der Waals surface area contributed by atoms with Crippen molar-refractivity contribution >= 4 is 15.9 Å². The molecule has 2 rings (SSSR count). The van der Waals surface area contributed by atoms with E-state index in [4.69, 9.17) is 0 Å². The van der Waals surface area contributed by atoms with Gasteiger partial charge in [0, 0.05) is 19.2 Å². The van der Waals surface area contributed by atoms with Gasteiger partial charge in [-0.05, 0) is 46.6 Å². The normalized spacial score (nSPS) is 10.9. The molecule has 4 nitrogen and oxygen atoms in total. The summed E-state index contributed by atoms with van der Waals surface area (Å²) in [5.41, 5.74) is 2.07. The molecule has 0 unspecified atom stereocenters. The zero-order valence-electron chi connectivity index (χ0n) is 11.0. The maximum absolute atomic E-state index is 14.2. The van der Waals surface area contributed by atoms with Crippen LogP contribution in [0.15, 0.2) is 22.8 Å². The van der Waals surface area contributed by atoms with Gasteiger partial charge in [0.2, 0.25) is 0 Å². The average Bonchev–Trinajstić information content (AvgIpc) is 2.70. The minimum atomic E-state index is -0.262. The van der Waals surface area contributed by atoms with Crippen molar-refractivity contribution < 1.29 is 4.39 Å². The van der Waals surface area contributed by atoms with Crippen LogP contribution >= 0.6 is 15.9 Å². The summed E-state index contributed by atoms with van der Waals surface area (Å²) >= 11 is 3.28. The van der Waals surface area contributed by atoms with Crippen molar-refractivity contribution in [1.82, 2.24) is 20.3 Å². The summed E-state index contributed by atoms with van der Waals surface area (Å²) in [5.74, 6) is -0.262. The predicted molar refractivity (Wildman–Crippen MR) is 76.1 cm³/mol. The molecule has 0 spiro atoms. The van der Waals surface area contributed by atoms with E-state index in [9.17, 15) is 4.39 Å². The Labute approximate surface area is 120 Å². The van der Waals surface area contributed by atoms with Crippen LogP contribution in [0.5, 0.6) is 0 Å². The van der Waals surface area contributed by atoms with Gasteiger partial charge in [-0.2, -0.15) is 0 Å². The number of rotatable bonds is 5. The predicted octanol–water partition coefficient (Wildman–Crippen LogP) is 2.88. The zero-order chi connectivity index (χ0) is 13.8. The van der Waals surface area contributed by atoms with Crippen molar-refractivity contribution in [3.63, 3.8) is 0 Å². The van der Waals surface area contributed by atoms with Crippen LogP contribution in [-0.4, -0.2) is 21.5 Å². The van der Waals surface area contributed by atoms with E-state index in [2.05, 4.69) is 38.5 Å². The first-order valence-electron chi connectivity index (χ1n) is 6.18. The molecule has 1 heterocycles. The monoisotopic (exact) mass is 326 g/mol. The van der Waals surface area contributed by atoms with E-state index in [-0.39, 0.29) is 5.82 Å². The lowest BCUT2D eigenvalue weighted by molar-refractivity contribution is 0.619. The van der Waals surface area contributed by atoms with Gasteiger partial charge >= 0.3 is 0 Å². The van der Waals surface area contributed by atoms with Gasteiger partial charge in [0.25, 0.3) is 0 Å². The summed E-state index contributed by atoms with van der Waals surface area (Å²) < 4.78 is 16.3. The van der Waals surface area contributed by atoms with E-state index in [1.165, 1.54) is 0 Å². The molecule has 2 aromatic rings. The molecule has 0 radical (unpaired) electrons. The second-order valence-electron chi connectivity index (χ2n) is 4.34. The molecule has 19 heavy (non-hydrogen) atoms. The SMILES string of the molecule is CCCNCc1ccc(-c2c(Br)nnn2C)c(F)c1. The Balaban J connectivity index is 2.25. The minimum Gasteiger partial charge on any atom is -0.313 e. The molecular weight excluding hydrogens is 311 g/mol. The number of halogens is 2. The highest BCUT2D eigenvalue weighted by atomic mass is 79.9. The fraction of sp³-hybridized carbons (Fsp3) is 0.385. The highest BCUT2D eigenvalue weighted by molar-refractivity contribution is 9.10. The van der Waals surface area contributed by atoms with E-state index in [0.717, 1.165) is 18.5 Å². The lowest BCUT2D eigenvalue weighted by Gasteiger charge is -2.07. The number of hydrogen-bond donors (Lipinski definition) is 1. The van der Waals surface area contributed by atoms with Crippen molar-refractivity contribution in [3.05, 3.63) is 34.2 Å². The third-order valence-corrected chi connectivity index (χ3v) is 3.36. The highest BCUT2D eigenvalue weighted by Crippen LogP contribution is 2.28. The van der Waals surface area contributed by atoms with E-state index in [0.29, 0.717) is 22.4 Å². The summed E-state index contributed by atoms with van der Waals surface area (Å²) in [6, 6.07) is 5.24. The molecule has 0 aliphatic heterocycles. The van der Waals surface area contributed by atoms with Crippen molar-refractivity contribution in [2.75, 3.05) is 6.54 Å². The van der Waals surface area contributed by atoms with Crippen LogP contribution in [-0.2, 0) is 13.6 Å². The van der Waals surface area contributed by atoms with Crippen molar-refractivity contribution in [3.8, 4) is 11.3 Å². The van der Waals surface area contributed by atoms with Gasteiger partial charge in [0.15, 0.2) is 4.60 Å². The van der Waals surface area contributed by atoms with E-state index >= 15 is 0 Å². The average molecular weight is 327 g/mol. The van der Waals surface area contributed by atoms with Gasteiger partial charge in [-0.3, -0.25) is 0 Å². The Hall–Kier alpha value is -1.27. The van der Waals surface area contributed by atoms with Crippen LogP contribution in [0.2, 0.25) is 0 Å². The number of aryl methyl sites for hydroxylation is 1. The fourth-order valence-electron chi connectivity index (χ4n) is 1.89. The maximum atomic E-state index is 14.2. The molecule has 0 atom stereocenters. The van der Waals surface area contributed by atoms with Crippen molar-refractivity contribution in [2.24, 2.45) is 7.05 Å². The van der Waals surface area contributed by atoms with E-state index in [1.54, 1.807) is 23.9 Å². The largest absolute Gasteiger partial charge is 0.313 e. The molecular formula is C13H16BrFN4. The summed E-state index contributed by atoms with van der Waals surface area (Å²) in [6.45, 7) is 3.71. The Morgan fingerprint density at radius 1 is 1.42 bits per heavy atom. The summed E-state index contributed by atoms with van der Waals surface area (Å²) in [5, 5.41) is 11.0. The number of benzene rings is 1. The Morgan fingerprint density at radius 2 is 2.21 bits per heavy atom. The van der Waals surface area contributed by atoms with Crippen LogP contribution in [0.4, 0.5) is 4.39 Å². The standard InChI is InChI=1S/C13H16BrFN4/c1-3-6-16-8-9-4-5-10(11(15)7-9)12-13(14)17-18-19(12)2/h4-5,7,16H,3,6,8H2,1-2H3. The first-order valence-corrected chi connectivity index (χ1v) is 6.97. The number of nitrogens with zero attached hydrogens (tertiary/aromatic N) is 3. The van der Waals surface area contributed by atoms with Crippen LogP contribution in [0.25, 0.3) is 11.3 Å². The minimum absolute atomic E-state index is 0.262. The molecule has 102 valence electrons. The topological polar surface area (TPSA) is 42.7 Å². The fourth-order valence-corrected chi connectivity index (χ4v) is 2.43. The quantitative estimate of drug-likeness (QED) is 0.859. The molecule has 0 bridgehead atoms. The highest BCUT2D eigenvalue weighted by Gasteiger charge is 2.14. The molecule has 1 aromatic carbocycles. The molecule has 6 heteroatoms. The van der Waals surface area contributed by atoms with Crippen LogP contribution in [0.1, 0.15) is 18.9 Å². The summed E-state index contributed by atoms with van der Waals surface area (Å²) in [7, 11) is 1.74. The van der Waals surface area contributed by atoms with Crippen molar-refractivity contribution in [2.45, 2.75) is 19.9 Å². The van der Waals surface area contributed by atoms with Gasteiger partial charge in [0.05, 0.1) is 0 Å². The third-order valence-electron chi connectivity index (χ3n) is 2.83. The van der Waals surface area contributed by atoms with E-state index < -0.39 is 0 Å². The van der Waals surface area contributed by atoms with Crippen LogP contribution in [0, 0.1) is 5.82 Å². The molecule has 0 amide bonds. The van der Waals surface area contributed by atoms with Crippen LogP contribution < -0.4 is 5.32 Å². The number of hydrogen-bond acceptors (Lipinski definition) is 3. The molecule has 0 saturated carbocycles. The first-order chi connectivity index (χ1) is 9.13. The number of nitrogens with one attached hydrogen (secondary N) is 1. The number of aromatic nitrogens is 3. The molecule has 1 aromatic heterocycles. The Kier molecular flexibility index (Phi) is 4.66. The van der Waals surface area contributed by atoms with Gasteiger partial charge in [-0.25, -0.2) is 9.07 Å². The molecule has 0 saturated heterocycles. The first kappa shape index (κ1) is 14.1. The molecule has 0 fully saturated rings. The summed E-state index contributed by atoms with van der Waals surface area (Å²) in [4.78, 5) is 0. The van der Waals surface area contributed by atoms with Gasteiger partial charge < -0.3 is 5.32 Å². The van der Waals surface area contributed by atoms with Gasteiger partial charge in [0.1, 0.15) is 11.5 Å². The molecule has 0 aliphatic rings. The smallest absolute Gasteiger partial charge is 0.156 e.